The van der Waals surface area contributed by atoms with Crippen molar-refractivity contribution in [2.75, 3.05) is 5.75 Å². The Morgan fingerprint density at radius 2 is 2.57 bits per heavy atom. The summed E-state index contributed by atoms with van der Waals surface area (Å²) in [5.74, 6) is 4.90. The molecule has 0 spiro atoms. The molecule has 14 heavy (non-hydrogen) atoms. The predicted octanol–water partition coefficient (Wildman–Crippen LogP) is -1.39. The standard InChI is InChI=1S/C5H10N6O2S/c1-11-5(7-9-10-11)14-3-2-4(12)13-8-6/h8H,2-3,6H2,1H3. The second-order valence-corrected chi connectivity index (χ2v) is 3.34. The summed E-state index contributed by atoms with van der Waals surface area (Å²) in [5.41, 5.74) is 1.82. The number of nitrogens with zero attached hydrogens (tertiary/aromatic N) is 4. The predicted molar refractivity (Wildman–Crippen MR) is 47.6 cm³/mol. The Hall–Kier alpha value is -1.19. The lowest BCUT2D eigenvalue weighted by Gasteiger charge is -1.99. The van der Waals surface area contributed by atoms with Crippen LogP contribution in [0.2, 0.25) is 0 Å². The number of aryl methyl sites for hydroxylation is 1. The fraction of sp³-hybridized carbons (Fsp3) is 0.600. The lowest BCUT2D eigenvalue weighted by atomic mass is 10.5. The molecule has 0 saturated carbocycles. The number of nitrogens with two attached hydrogens (primary N) is 1. The summed E-state index contributed by atoms with van der Waals surface area (Å²) in [6.45, 7) is 0. The Labute approximate surface area is 84.1 Å². The zero-order chi connectivity index (χ0) is 10.4. The van der Waals surface area contributed by atoms with Crippen molar-refractivity contribution in [3.05, 3.63) is 0 Å². The van der Waals surface area contributed by atoms with Gasteiger partial charge in [0, 0.05) is 12.8 Å². The van der Waals surface area contributed by atoms with E-state index in [9.17, 15) is 4.79 Å². The van der Waals surface area contributed by atoms with E-state index in [1.807, 2.05) is 5.59 Å². The van der Waals surface area contributed by atoms with Gasteiger partial charge in [0.2, 0.25) is 5.16 Å². The van der Waals surface area contributed by atoms with E-state index in [-0.39, 0.29) is 6.42 Å². The number of nitrogens with one attached hydrogen (secondary N) is 1. The molecule has 0 aliphatic heterocycles. The fourth-order valence-electron chi connectivity index (χ4n) is 0.686. The molecule has 0 aromatic carbocycles. The summed E-state index contributed by atoms with van der Waals surface area (Å²) in [6, 6.07) is 0. The van der Waals surface area contributed by atoms with Crippen LogP contribution >= 0.6 is 11.8 Å². The molecule has 1 heterocycles. The highest BCUT2D eigenvalue weighted by Crippen LogP contribution is 2.13. The average molecular weight is 218 g/mol. The molecule has 1 aromatic rings. The van der Waals surface area contributed by atoms with Crippen LogP contribution in [0.5, 0.6) is 0 Å². The van der Waals surface area contributed by atoms with Crippen LogP contribution in [0.4, 0.5) is 0 Å². The minimum absolute atomic E-state index is 0.238. The molecule has 0 bridgehead atoms. The summed E-state index contributed by atoms with van der Waals surface area (Å²) in [6.07, 6.45) is 0.238. The van der Waals surface area contributed by atoms with E-state index in [1.54, 1.807) is 7.05 Å². The van der Waals surface area contributed by atoms with Crippen molar-refractivity contribution in [1.29, 1.82) is 0 Å². The number of rotatable bonds is 5. The normalized spacial score (nSPS) is 10.1. The van der Waals surface area contributed by atoms with E-state index in [4.69, 9.17) is 5.84 Å². The van der Waals surface area contributed by atoms with Crippen LogP contribution in [0.15, 0.2) is 5.16 Å². The first-order valence-corrected chi connectivity index (χ1v) is 4.73. The van der Waals surface area contributed by atoms with Crippen molar-refractivity contribution in [3.8, 4) is 0 Å². The molecule has 9 heteroatoms. The van der Waals surface area contributed by atoms with Crippen molar-refractivity contribution in [1.82, 2.24) is 25.8 Å². The quantitative estimate of drug-likeness (QED) is 0.353. The zero-order valence-electron chi connectivity index (χ0n) is 7.51. The van der Waals surface area contributed by atoms with E-state index in [0.717, 1.165) is 0 Å². The maximum atomic E-state index is 10.8. The van der Waals surface area contributed by atoms with E-state index in [1.165, 1.54) is 16.4 Å². The van der Waals surface area contributed by atoms with Gasteiger partial charge in [-0.1, -0.05) is 17.4 Å². The van der Waals surface area contributed by atoms with Crippen molar-refractivity contribution in [3.63, 3.8) is 0 Å². The molecule has 0 radical (unpaired) electrons. The van der Waals surface area contributed by atoms with Gasteiger partial charge in [-0.3, -0.25) is 4.79 Å². The Kier molecular flexibility index (Phi) is 4.29. The van der Waals surface area contributed by atoms with Gasteiger partial charge in [-0.05, 0) is 10.4 Å². The number of carbonyl (C=O) groups is 1. The summed E-state index contributed by atoms with van der Waals surface area (Å²) in [7, 11) is 1.72. The molecular formula is C5H10N6O2S. The highest BCUT2D eigenvalue weighted by atomic mass is 32.2. The van der Waals surface area contributed by atoms with E-state index in [0.29, 0.717) is 10.9 Å². The molecule has 0 atom stereocenters. The van der Waals surface area contributed by atoms with Crippen molar-refractivity contribution < 1.29 is 9.63 Å². The molecule has 0 aliphatic carbocycles. The molecular weight excluding hydrogens is 208 g/mol. The number of carbonyl (C=O) groups excluding carboxylic acids is 1. The number of hydrogen-bond donors (Lipinski definition) is 2. The van der Waals surface area contributed by atoms with Crippen LogP contribution < -0.4 is 11.4 Å². The molecule has 0 fully saturated rings. The maximum Gasteiger partial charge on any atom is 0.327 e. The minimum atomic E-state index is -0.421. The minimum Gasteiger partial charge on any atom is -0.356 e. The van der Waals surface area contributed by atoms with E-state index < -0.39 is 5.97 Å². The van der Waals surface area contributed by atoms with Crippen LogP contribution in [0.25, 0.3) is 0 Å². The summed E-state index contributed by atoms with van der Waals surface area (Å²) in [5, 5.41) is 11.5. The SMILES string of the molecule is Cn1nnnc1SCCC(=O)ONN. The molecule has 78 valence electrons. The number of hydrogen-bond acceptors (Lipinski definition) is 8. The van der Waals surface area contributed by atoms with Crippen molar-refractivity contribution in [2.45, 2.75) is 11.6 Å². The second-order valence-electron chi connectivity index (χ2n) is 2.28. The Balaban J connectivity index is 2.22. The van der Waals surface area contributed by atoms with Crippen LogP contribution in [0, 0.1) is 0 Å². The highest BCUT2D eigenvalue weighted by molar-refractivity contribution is 7.99. The number of tetrazole rings is 1. The Morgan fingerprint density at radius 3 is 3.14 bits per heavy atom. The van der Waals surface area contributed by atoms with Crippen molar-refractivity contribution in [2.24, 2.45) is 12.9 Å². The van der Waals surface area contributed by atoms with Gasteiger partial charge in [-0.2, -0.15) is 0 Å². The first-order valence-electron chi connectivity index (χ1n) is 3.74. The second kappa shape index (κ2) is 5.52. The smallest absolute Gasteiger partial charge is 0.327 e. The van der Waals surface area contributed by atoms with Crippen LogP contribution in [-0.2, 0) is 16.7 Å². The van der Waals surface area contributed by atoms with E-state index >= 15 is 0 Å². The molecule has 8 nitrogen and oxygen atoms in total. The zero-order valence-corrected chi connectivity index (χ0v) is 8.32. The topological polar surface area (TPSA) is 108 Å². The van der Waals surface area contributed by atoms with Gasteiger partial charge in [-0.15, -0.1) is 5.10 Å². The van der Waals surface area contributed by atoms with Crippen LogP contribution in [0.3, 0.4) is 0 Å². The monoisotopic (exact) mass is 218 g/mol. The van der Waals surface area contributed by atoms with Gasteiger partial charge in [0.15, 0.2) is 0 Å². The average Bonchev–Trinajstić information content (AvgIpc) is 2.52. The third kappa shape index (κ3) is 3.28. The summed E-state index contributed by atoms with van der Waals surface area (Å²) in [4.78, 5) is 15.1. The molecule has 0 aliphatic rings. The molecule has 3 N–H and O–H groups in total. The maximum absolute atomic E-state index is 10.8. The number of hydrazine groups is 1. The van der Waals surface area contributed by atoms with Crippen LogP contribution in [-0.4, -0.2) is 31.9 Å². The third-order valence-electron chi connectivity index (χ3n) is 1.29. The Bertz CT molecular complexity index is 302. The van der Waals surface area contributed by atoms with E-state index in [2.05, 4.69) is 20.4 Å². The highest BCUT2D eigenvalue weighted by Gasteiger charge is 2.06. The molecule has 0 unspecified atom stereocenters. The van der Waals surface area contributed by atoms with Gasteiger partial charge >= 0.3 is 5.97 Å². The Morgan fingerprint density at radius 1 is 1.79 bits per heavy atom. The molecule has 1 rings (SSSR count). The third-order valence-corrected chi connectivity index (χ3v) is 2.30. The summed E-state index contributed by atoms with van der Waals surface area (Å²) < 4.78 is 1.52. The van der Waals surface area contributed by atoms with Gasteiger partial charge in [0.05, 0.1) is 6.42 Å². The largest absolute Gasteiger partial charge is 0.356 e. The molecule has 0 saturated heterocycles. The first-order chi connectivity index (χ1) is 6.74. The van der Waals surface area contributed by atoms with Gasteiger partial charge in [0.25, 0.3) is 0 Å². The summed E-state index contributed by atoms with van der Waals surface area (Å²) >= 11 is 1.37. The van der Waals surface area contributed by atoms with Gasteiger partial charge in [0.1, 0.15) is 0 Å². The van der Waals surface area contributed by atoms with Crippen molar-refractivity contribution >= 4 is 17.7 Å². The molecule has 1 aromatic heterocycles. The fourth-order valence-corrected chi connectivity index (χ4v) is 1.45. The van der Waals surface area contributed by atoms with Gasteiger partial charge < -0.3 is 4.84 Å². The number of aromatic nitrogens is 4. The lowest BCUT2D eigenvalue weighted by molar-refractivity contribution is -0.150. The van der Waals surface area contributed by atoms with Crippen LogP contribution in [0.1, 0.15) is 6.42 Å². The molecule has 0 amide bonds. The van der Waals surface area contributed by atoms with Gasteiger partial charge in [-0.25, -0.2) is 10.5 Å². The lowest BCUT2D eigenvalue weighted by Crippen LogP contribution is -2.26. The first kappa shape index (κ1) is 10.9. The number of thioether (sulfide) groups is 1.